The van der Waals surface area contributed by atoms with Crippen LogP contribution in [0.15, 0.2) is 34.9 Å². The van der Waals surface area contributed by atoms with E-state index in [0.717, 1.165) is 27.9 Å². The molecule has 0 saturated carbocycles. The molecule has 0 spiro atoms. The average Bonchev–Trinajstić information content (AvgIpc) is 2.81. The molecular weight excluding hydrogens is 308 g/mol. The second-order valence-corrected chi connectivity index (χ2v) is 5.15. The maximum atomic E-state index is 5.65. The van der Waals surface area contributed by atoms with Gasteiger partial charge in [-0.3, -0.25) is 16.0 Å². The molecule has 0 radical (unpaired) electrons. The monoisotopic (exact) mass is 324 g/mol. The molecule has 0 aliphatic rings. The van der Waals surface area contributed by atoms with Crippen molar-refractivity contribution in [1.29, 1.82) is 0 Å². The molecule has 1 unspecified atom stereocenters. The van der Waals surface area contributed by atoms with Crippen LogP contribution in [0.25, 0.3) is 0 Å². The first-order valence-corrected chi connectivity index (χ1v) is 6.71. The van der Waals surface area contributed by atoms with E-state index in [9.17, 15) is 0 Å². The van der Waals surface area contributed by atoms with Gasteiger partial charge in [0.25, 0.3) is 0 Å². The third-order valence-corrected chi connectivity index (χ3v) is 3.58. The summed E-state index contributed by atoms with van der Waals surface area (Å²) in [6.45, 7) is 0. The number of nitrogens with zero attached hydrogens (tertiary/aromatic N) is 2. The van der Waals surface area contributed by atoms with Gasteiger partial charge in [0.15, 0.2) is 0 Å². The van der Waals surface area contributed by atoms with Gasteiger partial charge in [-0.1, -0.05) is 6.07 Å². The zero-order chi connectivity index (χ0) is 13.8. The van der Waals surface area contributed by atoms with Crippen LogP contribution >= 0.6 is 15.9 Å². The van der Waals surface area contributed by atoms with Crippen LogP contribution in [-0.4, -0.2) is 16.9 Å². The second-order valence-electron chi connectivity index (χ2n) is 4.30. The Morgan fingerprint density at radius 2 is 2.26 bits per heavy atom. The molecule has 1 atom stereocenters. The van der Waals surface area contributed by atoms with Crippen LogP contribution in [0.3, 0.4) is 0 Å². The normalized spacial score (nSPS) is 12.4. The van der Waals surface area contributed by atoms with Gasteiger partial charge in [-0.15, -0.1) is 0 Å². The molecule has 0 aliphatic carbocycles. The van der Waals surface area contributed by atoms with Crippen molar-refractivity contribution < 1.29 is 4.74 Å². The van der Waals surface area contributed by atoms with Gasteiger partial charge >= 0.3 is 0 Å². The molecule has 3 N–H and O–H groups in total. The number of aromatic nitrogens is 2. The molecule has 6 heteroatoms. The van der Waals surface area contributed by atoms with Crippen LogP contribution in [0.5, 0.6) is 5.75 Å². The minimum absolute atomic E-state index is 0.0112. The number of ether oxygens (including phenoxy) is 1. The summed E-state index contributed by atoms with van der Waals surface area (Å²) in [4.78, 5) is 0. The largest absolute Gasteiger partial charge is 0.496 e. The van der Waals surface area contributed by atoms with E-state index in [-0.39, 0.29) is 6.04 Å². The fraction of sp³-hybridized carbons (Fsp3) is 0.308. The minimum Gasteiger partial charge on any atom is -0.496 e. The van der Waals surface area contributed by atoms with Crippen LogP contribution < -0.4 is 16.0 Å². The topological polar surface area (TPSA) is 65.1 Å². The maximum absolute atomic E-state index is 5.65. The van der Waals surface area contributed by atoms with Crippen molar-refractivity contribution in [2.75, 3.05) is 7.11 Å². The molecular formula is C13H17BrN4O. The van der Waals surface area contributed by atoms with Crippen LogP contribution in [0, 0.1) is 0 Å². The van der Waals surface area contributed by atoms with Crippen molar-refractivity contribution in [3.63, 3.8) is 0 Å². The summed E-state index contributed by atoms with van der Waals surface area (Å²) in [5.74, 6) is 6.45. The Hall–Kier alpha value is -1.37. The van der Waals surface area contributed by atoms with Gasteiger partial charge in [0.2, 0.25) is 0 Å². The molecule has 1 aromatic carbocycles. The van der Waals surface area contributed by atoms with E-state index in [1.807, 2.05) is 37.5 Å². The van der Waals surface area contributed by atoms with Crippen LogP contribution in [0.2, 0.25) is 0 Å². The Kier molecular flexibility index (Phi) is 4.57. The summed E-state index contributed by atoms with van der Waals surface area (Å²) in [5, 5.41) is 4.36. The minimum atomic E-state index is 0.0112. The number of halogens is 1. The van der Waals surface area contributed by atoms with Crippen LogP contribution in [0.4, 0.5) is 0 Å². The Balaban J connectivity index is 2.19. The lowest BCUT2D eigenvalue weighted by molar-refractivity contribution is 0.411. The van der Waals surface area contributed by atoms with Crippen molar-refractivity contribution in [3.8, 4) is 5.75 Å². The summed E-state index contributed by atoms with van der Waals surface area (Å²) < 4.78 is 7.92. The zero-order valence-corrected chi connectivity index (χ0v) is 12.5. The molecule has 0 saturated heterocycles. The number of hydrogen-bond donors (Lipinski definition) is 2. The zero-order valence-electron chi connectivity index (χ0n) is 10.9. The quantitative estimate of drug-likeness (QED) is 0.651. The Morgan fingerprint density at radius 1 is 1.47 bits per heavy atom. The Bertz CT molecular complexity index is 555. The van der Waals surface area contributed by atoms with Gasteiger partial charge in [0, 0.05) is 19.7 Å². The lowest BCUT2D eigenvalue weighted by Gasteiger charge is -2.16. The van der Waals surface area contributed by atoms with Gasteiger partial charge in [-0.2, -0.15) is 5.10 Å². The molecule has 102 valence electrons. The van der Waals surface area contributed by atoms with Crippen LogP contribution in [-0.2, 0) is 13.5 Å². The number of methoxy groups -OCH3 is 1. The van der Waals surface area contributed by atoms with Crippen molar-refractivity contribution in [1.82, 2.24) is 15.2 Å². The summed E-state index contributed by atoms with van der Waals surface area (Å²) in [6.07, 6.45) is 2.66. The smallest absolute Gasteiger partial charge is 0.133 e. The van der Waals surface area contributed by atoms with Crippen molar-refractivity contribution in [3.05, 3.63) is 46.2 Å². The molecule has 1 heterocycles. The first kappa shape index (κ1) is 14.0. The van der Waals surface area contributed by atoms with E-state index in [1.54, 1.807) is 11.8 Å². The number of nitrogens with two attached hydrogens (primary N) is 1. The van der Waals surface area contributed by atoms with Crippen molar-refractivity contribution in [2.45, 2.75) is 12.5 Å². The highest BCUT2D eigenvalue weighted by molar-refractivity contribution is 9.10. The number of hydrazine groups is 1. The lowest BCUT2D eigenvalue weighted by atomic mass is 10.0. The Labute approximate surface area is 120 Å². The molecule has 5 nitrogen and oxygen atoms in total. The first-order chi connectivity index (χ1) is 9.13. The summed E-state index contributed by atoms with van der Waals surface area (Å²) in [7, 11) is 3.55. The average molecular weight is 325 g/mol. The van der Waals surface area contributed by atoms with E-state index in [4.69, 9.17) is 10.6 Å². The van der Waals surface area contributed by atoms with E-state index >= 15 is 0 Å². The van der Waals surface area contributed by atoms with E-state index in [1.165, 1.54) is 0 Å². The van der Waals surface area contributed by atoms with E-state index in [0.29, 0.717) is 0 Å². The predicted octanol–water partition coefficient (Wildman–Crippen LogP) is 1.94. The standard InChI is InChI=1S/C13H17BrN4O/c1-18-6-5-10(17-18)8-12(16-15)9-3-4-13(19-2)11(14)7-9/h3-7,12,16H,8,15H2,1-2H3. The third kappa shape index (κ3) is 3.34. The highest BCUT2D eigenvalue weighted by Gasteiger charge is 2.14. The molecule has 2 rings (SSSR count). The fourth-order valence-electron chi connectivity index (χ4n) is 1.95. The molecule has 0 amide bonds. The highest BCUT2D eigenvalue weighted by Crippen LogP contribution is 2.28. The van der Waals surface area contributed by atoms with Crippen molar-refractivity contribution in [2.24, 2.45) is 12.9 Å². The molecule has 0 aliphatic heterocycles. The van der Waals surface area contributed by atoms with Gasteiger partial charge in [0.05, 0.1) is 23.3 Å². The van der Waals surface area contributed by atoms with Gasteiger partial charge in [-0.25, -0.2) is 0 Å². The second kappa shape index (κ2) is 6.18. The number of aryl methyl sites for hydroxylation is 1. The molecule has 0 fully saturated rings. The molecule has 19 heavy (non-hydrogen) atoms. The summed E-state index contributed by atoms with van der Waals surface area (Å²) in [6, 6.07) is 7.92. The number of hydrogen-bond acceptors (Lipinski definition) is 4. The molecule has 2 aromatic rings. The van der Waals surface area contributed by atoms with E-state index in [2.05, 4.69) is 26.5 Å². The van der Waals surface area contributed by atoms with Gasteiger partial charge in [-0.05, 0) is 39.7 Å². The van der Waals surface area contributed by atoms with Crippen molar-refractivity contribution >= 4 is 15.9 Å². The van der Waals surface area contributed by atoms with Crippen LogP contribution in [0.1, 0.15) is 17.3 Å². The first-order valence-electron chi connectivity index (χ1n) is 5.92. The summed E-state index contributed by atoms with van der Waals surface area (Å²) in [5.41, 5.74) is 4.91. The van der Waals surface area contributed by atoms with Gasteiger partial charge in [0.1, 0.15) is 5.75 Å². The predicted molar refractivity (Wildman–Crippen MR) is 77.7 cm³/mol. The number of nitrogens with one attached hydrogen (secondary N) is 1. The summed E-state index contributed by atoms with van der Waals surface area (Å²) >= 11 is 3.48. The lowest BCUT2D eigenvalue weighted by Crippen LogP contribution is -2.29. The molecule has 1 aromatic heterocycles. The number of benzene rings is 1. The SMILES string of the molecule is COc1ccc(C(Cc2ccn(C)n2)NN)cc1Br. The molecule has 0 bridgehead atoms. The Morgan fingerprint density at radius 3 is 2.79 bits per heavy atom. The maximum Gasteiger partial charge on any atom is 0.133 e. The highest BCUT2D eigenvalue weighted by atomic mass is 79.9. The van der Waals surface area contributed by atoms with Gasteiger partial charge < -0.3 is 4.74 Å². The fourth-order valence-corrected chi connectivity index (χ4v) is 2.51. The third-order valence-electron chi connectivity index (χ3n) is 2.96. The van der Waals surface area contributed by atoms with E-state index < -0.39 is 0 Å². The number of rotatable bonds is 5.